The molecule has 6 nitrogen and oxygen atoms in total. The van der Waals surface area contributed by atoms with Crippen molar-refractivity contribution in [2.24, 2.45) is 0 Å². The predicted molar refractivity (Wildman–Crippen MR) is 309 cm³/mol. The Morgan fingerprint density at radius 3 is 0.890 bits per heavy atom. The molecule has 6 heteroatoms. The maximum Gasteiger partial charge on any atom is 0.238 e. The maximum atomic E-state index is 5.67. The Bertz CT molecular complexity index is 3780. The van der Waals surface area contributed by atoms with Gasteiger partial charge in [-0.2, -0.15) is 9.97 Å². The fourth-order valence-corrected chi connectivity index (χ4v) is 11.0. The van der Waals surface area contributed by atoms with Crippen molar-refractivity contribution in [3.8, 4) is 40.1 Å². The molecular formula is C67H64N6. The highest BCUT2D eigenvalue weighted by Crippen LogP contribution is 2.43. The van der Waals surface area contributed by atoms with Gasteiger partial charge in [-0.25, -0.2) is 4.98 Å². The van der Waals surface area contributed by atoms with E-state index in [1.807, 2.05) is 0 Å². The van der Waals surface area contributed by atoms with Gasteiger partial charge in [0.25, 0.3) is 0 Å². The minimum atomic E-state index is -0.0573. The third-order valence-corrected chi connectivity index (χ3v) is 15.2. The van der Waals surface area contributed by atoms with Gasteiger partial charge in [0.1, 0.15) is 0 Å². The molecule has 0 N–H and O–H groups in total. The molecule has 0 radical (unpaired) electrons. The molecule has 362 valence electrons. The Morgan fingerprint density at radius 1 is 0.274 bits per heavy atom. The zero-order chi connectivity index (χ0) is 50.9. The highest BCUT2D eigenvalue weighted by molar-refractivity contribution is 6.12. The molecule has 0 fully saturated rings. The SMILES string of the molecule is CC(C)(C)c1ccc2c3ccc(C(C)(C)C)cc3n(-c3ccccc3-c3nc(-c4ccccc4-n4c5cc(C(C)(C)C)ccc5c5ccc(C(C)(C)C)cc54)nc(-n4c5ccccc5c5ccccc54)n3)c2c1. The number of aromatic nitrogens is 6. The molecule has 0 saturated heterocycles. The lowest BCUT2D eigenvalue weighted by Gasteiger charge is -2.21. The fourth-order valence-electron chi connectivity index (χ4n) is 11.0. The summed E-state index contributed by atoms with van der Waals surface area (Å²) in [4.78, 5) is 16.9. The van der Waals surface area contributed by atoms with E-state index >= 15 is 0 Å². The van der Waals surface area contributed by atoms with Crippen molar-refractivity contribution in [1.82, 2.24) is 28.7 Å². The summed E-state index contributed by atoms with van der Waals surface area (Å²) in [6, 6.07) is 62.5. The van der Waals surface area contributed by atoms with Crippen molar-refractivity contribution in [3.63, 3.8) is 0 Å². The average molecular weight is 953 g/mol. The number of benzene rings is 8. The number of hydrogen-bond acceptors (Lipinski definition) is 3. The van der Waals surface area contributed by atoms with E-state index in [2.05, 4.69) is 267 Å². The van der Waals surface area contributed by atoms with Gasteiger partial charge in [0.05, 0.1) is 44.5 Å². The van der Waals surface area contributed by atoms with E-state index in [-0.39, 0.29) is 21.7 Å². The second kappa shape index (κ2) is 16.3. The van der Waals surface area contributed by atoms with E-state index in [0.29, 0.717) is 17.6 Å². The van der Waals surface area contributed by atoms with Gasteiger partial charge in [0, 0.05) is 43.4 Å². The Hall–Kier alpha value is -7.83. The summed E-state index contributed by atoms with van der Waals surface area (Å²) in [5.41, 5.74) is 15.4. The molecular weight excluding hydrogens is 889 g/mol. The second-order valence-corrected chi connectivity index (χ2v) is 24.3. The quantitative estimate of drug-likeness (QED) is 0.173. The summed E-state index contributed by atoms with van der Waals surface area (Å²) in [6.45, 7) is 27.5. The first-order valence-corrected chi connectivity index (χ1v) is 25.9. The molecule has 0 aliphatic carbocycles. The van der Waals surface area contributed by atoms with Crippen LogP contribution in [0, 0.1) is 0 Å². The number of nitrogens with zero attached hydrogens (tertiary/aromatic N) is 6. The minimum Gasteiger partial charge on any atom is -0.308 e. The van der Waals surface area contributed by atoms with Gasteiger partial charge in [0.15, 0.2) is 11.6 Å². The molecule has 12 rings (SSSR count). The minimum absolute atomic E-state index is 0.0573. The molecule has 0 unspecified atom stereocenters. The molecule has 4 heterocycles. The van der Waals surface area contributed by atoms with Crippen LogP contribution < -0.4 is 0 Å². The molecule has 0 aliphatic heterocycles. The molecule has 0 amide bonds. The van der Waals surface area contributed by atoms with Crippen molar-refractivity contribution in [2.45, 2.75) is 105 Å². The monoisotopic (exact) mass is 953 g/mol. The van der Waals surface area contributed by atoms with Gasteiger partial charge < -0.3 is 9.13 Å². The molecule has 0 saturated carbocycles. The van der Waals surface area contributed by atoms with Crippen LogP contribution in [-0.4, -0.2) is 28.7 Å². The largest absolute Gasteiger partial charge is 0.308 e. The van der Waals surface area contributed by atoms with E-state index < -0.39 is 0 Å². The van der Waals surface area contributed by atoms with Crippen LogP contribution in [0.1, 0.15) is 105 Å². The van der Waals surface area contributed by atoms with Crippen LogP contribution in [0.4, 0.5) is 0 Å². The zero-order valence-corrected chi connectivity index (χ0v) is 44.3. The van der Waals surface area contributed by atoms with Gasteiger partial charge in [-0.05, 0) is 105 Å². The molecule has 0 atom stereocenters. The van der Waals surface area contributed by atoms with Gasteiger partial charge in [-0.15, -0.1) is 0 Å². The first kappa shape index (κ1) is 46.3. The average Bonchev–Trinajstić information content (AvgIpc) is 4.00. The van der Waals surface area contributed by atoms with Crippen molar-refractivity contribution < 1.29 is 0 Å². The summed E-state index contributed by atoms with van der Waals surface area (Å²) in [6.07, 6.45) is 0. The van der Waals surface area contributed by atoms with Gasteiger partial charge in [-0.1, -0.05) is 192 Å². The van der Waals surface area contributed by atoms with Crippen LogP contribution in [0.3, 0.4) is 0 Å². The van der Waals surface area contributed by atoms with E-state index in [0.717, 1.165) is 66.4 Å². The van der Waals surface area contributed by atoms with Crippen molar-refractivity contribution in [3.05, 3.63) is 192 Å². The molecule has 0 spiro atoms. The maximum absolute atomic E-state index is 5.67. The van der Waals surface area contributed by atoms with Crippen LogP contribution >= 0.6 is 0 Å². The Kier molecular flexibility index (Phi) is 10.4. The molecule has 4 aromatic heterocycles. The topological polar surface area (TPSA) is 53.5 Å². The summed E-state index contributed by atoms with van der Waals surface area (Å²) in [5.74, 6) is 1.74. The molecule has 8 aromatic carbocycles. The Morgan fingerprint density at radius 2 is 0.562 bits per heavy atom. The van der Waals surface area contributed by atoms with E-state index in [9.17, 15) is 0 Å². The summed E-state index contributed by atoms with van der Waals surface area (Å²) in [7, 11) is 0. The standard InChI is InChI=1S/C67H64N6/c1-64(2,3)41-29-33-47-48-34-30-42(65(4,5)6)38-58(48)71(57(47)37-41)55-27-19-15-23-51(55)61-68-62(70-63(69-61)73-53-25-17-13-21-45(53)46-22-14-18-26-54(46)73)52-24-16-20-28-56(52)72-59-39-43(66(7,8)9)31-35-49(59)50-36-32-44(40-60(50)72)67(10,11)12/h13-40H,1-12H3. The predicted octanol–water partition coefficient (Wildman–Crippen LogP) is 17.7. The van der Waals surface area contributed by atoms with Crippen LogP contribution in [-0.2, 0) is 21.7 Å². The van der Waals surface area contributed by atoms with Crippen LogP contribution in [0.2, 0.25) is 0 Å². The van der Waals surface area contributed by atoms with Gasteiger partial charge >= 0.3 is 0 Å². The van der Waals surface area contributed by atoms with Gasteiger partial charge in [0.2, 0.25) is 5.95 Å². The highest BCUT2D eigenvalue weighted by atomic mass is 15.2. The lowest BCUT2D eigenvalue weighted by molar-refractivity contribution is 0.590. The first-order valence-electron chi connectivity index (χ1n) is 25.9. The molecule has 0 bridgehead atoms. The van der Waals surface area contributed by atoms with Crippen molar-refractivity contribution in [1.29, 1.82) is 0 Å². The lowest BCUT2D eigenvalue weighted by atomic mass is 9.86. The van der Waals surface area contributed by atoms with Crippen molar-refractivity contribution >= 4 is 65.4 Å². The third-order valence-electron chi connectivity index (χ3n) is 15.2. The number of para-hydroxylation sites is 4. The molecule has 73 heavy (non-hydrogen) atoms. The first-order chi connectivity index (χ1) is 34.7. The summed E-state index contributed by atoms with van der Waals surface area (Å²) in [5, 5.41) is 7.14. The second-order valence-electron chi connectivity index (χ2n) is 24.3. The lowest BCUT2D eigenvalue weighted by Crippen LogP contribution is -2.12. The number of hydrogen-bond donors (Lipinski definition) is 0. The van der Waals surface area contributed by atoms with E-state index in [4.69, 9.17) is 15.0 Å². The van der Waals surface area contributed by atoms with Crippen LogP contribution in [0.15, 0.2) is 170 Å². The Balaban J connectivity index is 1.19. The summed E-state index contributed by atoms with van der Waals surface area (Å²) >= 11 is 0. The van der Waals surface area contributed by atoms with Gasteiger partial charge in [-0.3, -0.25) is 4.57 Å². The van der Waals surface area contributed by atoms with Crippen LogP contribution in [0.25, 0.3) is 106 Å². The van der Waals surface area contributed by atoms with E-state index in [1.165, 1.54) is 43.8 Å². The smallest absolute Gasteiger partial charge is 0.238 e. The zero-order valence-electron chi connectivity index (χ0n) is 44.3. The third kappa shape index (κ3) is 7.64. The van der Waals surface area contributed by atoms with E-state index in [1.54, 1.807) is 0 Å². The normalized spacial score (nSPS) is 12.9. The molecule has 12 aromatic rings. The molecule has 0 aliphatic rings. The highest BCUT2D eigenvalue weighted by Gasteiger charge is 2.27. The van der Waals surface area contributed by atoms with Crippen LogP contribution in [0.5, 0.6) is 0 Å². The number of fused-ring (bicyclic) bond motifs is 9. The Labute approximate surface area is 429 Å². The summed E-state index contributed by atoms with van der Waals surface area (Å²) < 4.78 is 7.14. The fraction of sp³-hybridized carbons (Fsp3) is 0.239. The van der Waals surface area contributed by atoms with Crippen molar-refractivity contribution in [2.75, 3.05) is 0 Å². The number of rotatable bonds is 5.